The maximum atomic E-state index is 11.7. The number of carbonyl (C=O) groups is 1. The lowest BCUT2D eigenvalue weighted by Crippen LogP contribution is -2.40. The minimum Gasteiger partial charge on any atom is -0.484 e. The number of halogens is 1. The number of carbonyl (C=O) groups excluding carboxylic acids is 1. The van der Waals surface area contributed by atoms with Gasteiger partial charge in [-0.15, -0.1) is 0 Å². The van der Waals surface area contributed by atoms with Crippen LogP contribution in [0.3, 0.4) is 0 Å². The first-order chi connectivity index (χ1) is 9.01. The highest BCUT2D eigenvalue weighted by molar-refractivity contribution is 9.10. The Hall–Kier alpha value is -1.07. The number of hydrogen-bond donors (Lipinski definition) is 2. The van der Waals surface area contributed by atoms with Crippen LogP contribution in [-0.2, 0) is 4.79 Å². The summed E-state index contributed by atoms with van der Waals surface area (Å²) in [5.74, 6) is 0.831. The van der Waals surface area contributed by atoms with E-state index in [1.807, 2.05) is 26.0 Å². The number of amides is 1. The summed E-state index contributed by atoms with van der Waals surface area (Å²) < 4.78 is 6.28. The molecule has 0 aromatic heterocycles. The predicted octanol–water partition coefficient (Wildman–Crippen LogP) is 2.35. The van der Waals surface area contributed by atoms with E-state index in [1.54, 1.807) is 12.1 Å². The van der Waals surface area contributed by atoms with Crippen LogP contribution in [0.2, 0.25) is 0 Å². The van der Waals surface area contributed by atoms with E-state index < -0.39 is 0 Å². The van der Waals surface area contributed by atoms with Gasteiger partial charge >= 0.3 is 0 Å². The fraction of sp³-hybridized carbons (Fsp3) is 0.500. The largest absolute Gasteiger partial charge is 0.484 e. The van der Waals surface area contributed by atoms with Crippen molar-refractivity contribution in [3.8, 4) is 5.75 Å². The molecule has 0 heterocycles. The van der Waals surface area contributed by atoms with Gasteiger partial charge in [0, 0.05) is 4.47 Å². The molecule has 0 spiro atoms. The lowest BCUT2D eigenvalue weighted by molar-refractivity contribution is -0.124. The van der Waals surface area contributed by atoms with Gasteiger partial charge in [0.2, 0.25) is 0 Å². The topological polar surface area (TPSA) is 58.6 Å². The van der Waals surface area contributed by atoms with Crippen molar-refractivity contribution in [1.82, 2.24) is 5.32 Å². The quantitative estimate of drug-likeness (QED) is 0.807. The van der Waals surface area contributed by atoms with Gasteiger partial charge in [-0.2, -0.15) is 0 Å². The van der Waals surface area contributed by atoms with Crippen molar-refractivity contribution in [3.05, 3.63) is 28.7 Å². The highest BCUT2D eigenvalue weighted by Crippen LogP contribution is 2.17. The molecule has 0 fully saturated rings. The van der Waals surface area contributed by atoms with Crippen LogP contribution >= 0.6 is 15.9 Å². The molecule has 1 aromatic rings. The Balaban J connectivity index is 2.38. The van der Waals surface area contributed by atoms with E-state index in [0.717, 1.165) is 10.9 Å². The van der Waals surface area contributed by atoms with Gasteiger partial charge in [-0.3, -0.25) is 4.79 Å². The first-order valence-electron chi connectivity index (χ1n) is 6.30. The summed E-state index contributed by atoms with van der Waals surface area (Å²) in [7, 11) is 0. The summed E-state index contributed by atoms with van der Waals surface area (Å²) in [6.07, 6.45) is 0.749. The number of hydrogen-bond acceptors (Lipinski definition) is 3. The monoisotopic (exact) mass is 329 g/mol. The van der Waals surface area contributed by atoms with Crippen molar-refractivity contribution in [2.75, 3.05) is 13.2 Å². The SMILES string of the molecule is CC(C)CC(CO)NC(=O)COc1cccc(Br)c1. The fourth-order valence-electron chi connectivity index (χ4n) is 1.72. The molecule has 0 radical (unpaired) electrons. The Morgan fingerprint density at radius 1 is 1.47 bits per heavy atom. The Bertz CT molecular complexity index is 409. The van der Waals surface area contributed by atoms with Gasteiger partial charge in [0.15, 0.2) is 6.61 Å². The van der Waals surface area contributed by atoms with Gasteiger partial charge in [-0.05, 0) is 30.5 Å². The van der Waals surface area contributed by atoms with Crippen molar-refractivity contribution in [2.24, 2.45) is 5.92 Å². The third-order valence-corrected chi connectivity index (χ3v) is 3.00. The van der Waals surface area contributed by atoms with Gasteiger partial charge in [-0.1, -0.05) is 35.8 Å². The zero-order valence-electron chi connectivity index (χ0n) is 11.2. The van der Waals surface area contributed by atoms with Gasteiger partial charge in [-0.25, -0.2) is 0 Å². The third kappa shape index (κ3) is 6.59. The standard InChI is InChI=1S/C14H20BrNO3/c1-10(2)6-12(8-17)16-14(18)9-19-13-5-3-4-11(15)7-13/h3-5,7,10,12,17H,6,8-9H2,1-2H3,(H,16,18). The normalized spacial score (nSPS) is 12.3. The summed E-state index contributed by atoms with van der Waals surface area (Å²) in [5, 5.41) is 11.9. The number of nitrogens with one attached hydrogen (secondary N) is 1. The van der Waals surface area contributed by atoms with E-state index in [1.165, 1.54) is 0 Å². The first-order valence-corrected chi connectivity index (χ1v) is 7.09. The molecule has 0 aliphatic heterocycles. The predicted molar refractivity (Wildman–Crippen MR) is 78.1 cm³/mol. The van der Waals surface area contributed by atoms with Crippen LogP contribution in [0, 0.1) is 5.92 Å². The van der Waals surface area contributed by atoms with E-state index in [-0.39, 0.29) is 25.2 Å². The number of rotatable bonds is 7. The summed E-state index contributed by atoms with van der Waals surface area (Å²) in [6.45, 7) is 3.99. The summed E-state index contributed by atoms with van der Waals surface area (Å²) in [6, 6.07) is 7.10. The smallest absolute Gasteiger partial charge is 0.258 e. The molecule has 1 rings (SSSR count). The summed E-state index contributed by atoms with van der Waals surface area (Å²) in [4.78, 5) is 11.7. The second-order valence-corrected chi connectivity index (χ2v) is 5.74. The van der Waals surface area contributed by atoms with Gasteiger partial charge < -0.3 is 15.2 Å². The Morgan fingerprint density at radius 2 is 2.21 bits per heavy atom. The van der Waals surface area contributed by atoms with Crippen LogP contribution in [0.25, 0.3) is 0 Å². The number of ether oxygens (including phenoxy) is 1. The third-order valence-electron chi connectivity index (χ3n) is 2.51. The number of aliphatic hydroxyl groups excluding tert-OH is 1. The van der Waals surface area contributed by atoms with Crippen LogP contribution in [0.1, 0.15) is 20.3 Å². The molecule has 1 unspecified atom stereocenters. The minimum absolute atomic E-state index is 0.0505. The Labute approximate surface area is 122 Å². The molecule has 0 aliphatic carbocycles. The molecule has 1 atom stereocenters. The van der Waals surface area contributed by atoms with E-state index in [0.29, 0.717) is 11.7 Å². The molecule has 0 saturated carbocycles. The van der Waals surface area contributed by atoms with E-state index >= 15 is 0 Å². The molecule has 0 saturated heterocycles. The van der Waals surface area contributed by atoms with Crippen LogP contribution < -0.4 is 10.1 Å². The zero-order chi connectivity index (χ0) is 14.3. The van der Waals surface area contributed by atoms with Crippen molar-refractivity contribution in [3.63, 3.8) is 0 Å². The maximum absolute atomic E-state index is 11.7. The van der Waals surface area contributed by atoms with Gasteiger partial charge in [0.05, 0.1) is 12.6 Å². The van der Waals surface area contributed by atoms with Crippen LogP contribution in [0.5, 0.6) is 5.75 Å². The molecule has 2 N–H and O–H groups in total. The molecule has 19 heavy (non-hydrogen) atoms. The Kier molecular flexibility index (Phi) is 6.87. The molecule has 0 aliphatic rings. The highest BCUT2D eigenvalue weighted by atomic mass is 79.9. The maximum Gasteiger partial charge on any atom is 0.258 e. The average Bonchev–Trinajstić information content (AvgIpc) is 2.35. The molecular weight excluding hydrogens is 310 g/mol. The minimum atomic E-state index is -0.223. The van der Waals surface area contributed by atoms with Crippen molar-refractivity contribution < 1.29 is 14.6 Å². The first kappa shape index (κ1) is 16.0. The molecule has 1 aromatic carbocycles. The van der Waals surface area contributed by atoms with Crippen LogP contribution in [-0.4, -0.2) is 30.3 Å². The zero-order valence-corrected chi connectivity index (χ0v) is 12.8. The molecule has 1 amide bonds. The molecular formula is C14H20BrNO3. The van der Waals surface area contributed by atoms with Crippen molar-refractivity contribution in [2.45, 2.75) is 26.3 Å². The molecule has 4 nitrogen and oxygen atoms in total. The lowest BCUT2D eigenvalue weighted by atomic mass is 10.0. The van der Waals surface area contributed by atoms with E-state index in [2.05, 4.69) is 21.2 Å². The second-order valence-electron chi connectivity index (χ2n) is 4.82. The molecule has 0 bridgehead atoms. The average molecular weight is 330 g/mol. The fourth-order valence-corrected chi connectivity index (χ4v) is 2.10. The molecule has 106 valence electrons. The van der Waals surface area contributed by atoms with Gasteiger partial charge in [0.1, 0.15) is 5.75 Å². The van der Waals surface area contributed by atoms with Gasteiger partial charge in [0.25, 0.3) is 5.91 Å². The highest BCUT2D eigenvalue weighted by Gasteiger charge is 2.13. The van der Waals surface area contributed by atoms with Crippen LogP contribution in [0.15, 0.2) is 28.7 Å². The van der Waals surface area contributed by atoms with E-state index in [9.17, 15) is 9.90 Å². The lowest BCUT2D eigenvalue weighted by Gasteiger charge is -2.18. The van der Waals surface area contributed by atoms with Crippen molar-refractivity contribution in [1.29, 1.82) is 0 Å². The molecule has 5 heteroatoms. The Morgan fingerprint density at radius 3 is 2.79 bits per heavy atom. The number of aliphatic hydroxyl groups is 1. The van der Waals surface area contributed by atoms with E-state index in [4.69, 9.17) is 4.74 Å². The van der Waals surface area contributed by atoms with Crippen LogP contribution in [0.4, 0.5) is 0 Å². The van der Waals surface area contributed by atoms with Crippen molar-refractivity contribution >= 4 is 21.8 Å². The summed E-state index contributed by atoms with van der Waals surface area (Å²) >= 11 is 3.33. The number of benzene rings is 1. The second kappa shape index (κ2) is 8.17. The summed E-state index contributed by atoms with van der Waals surface area (Å²) in [5.41, 5.74) is 0.